The Labute approximate surface area is 74.3 Å². The second-order valence-corrected chi connectivity index (χ2v) is 21.0. The molecule has 9 heteroatoms. The molecule has 0 aromatic carbocycles. The molecule has 9 heavy (non-hydrogen) atoms. The Balaban J connectivity index is 4.99. The Hall–Kier alpha value is 1.19. The first-order valence-electron chi connectivity index (χ1n) is 1.45. The average Bonchev–Trinajstić information content (AvgIpc) is 1.22. The van der Waals surface area contributed by atoms with E-state index in [1.54, 1.807) is 0 Å². The second-order valence-electron chi connectivity index (χ2n) is 1.20. The molecule has 0 unspecified atom stereocenters. The number of rotatable bonds is 1. The summed E-state index contributed by atoms with van der Waals surface area (Å²) >= 11 is 25.6. The van der Waals surface area contributed by atoms with Crippen molar-refractivity contribution in [1.29, 1.82) is 0 Å². The molecule has 0 aliphatic heterocycles. The fourth-order valence-electron chi connectivity index (χ4n) is 0.0756. The molecule has 0 heterocycles. The van der Waals surface area contributed by atoms with Crippen molar-refractivity contribution in [1.82, 2.24) is 0 Å². The van der Waals surface area contributed by atoms with E-state index in [1.165, 1.54) is 0 Å². The summed E-state index contributed by atoms with van der Waals surface area (Å²) in [5.74, 6) is 0. The SMILES string of the molecule is [N-]=[N+]=N[P-](Cl)(Cl)(Cl)(Cl)Cl. The maximum atomic E-state index is 7.80. The first-order chi connectivity index (χ1) is 3.54. The normalized spacial score (nSPS) is 19.2. The van der Waals surface area contributed by atoms with Crippen LogP contribution >= 0.6 is 59.1 Å². The van der Waals surface area contributed by atoms with E-state index in [0.717, 1.165) is 0 Å². The van der Waals surface area contributed by atoms with E-state index in [1.807, 2.05) is 0 Å². The molecule has 0 saturated heterocycles. The molecule has 0 N–H and O–H groups in total. The predicted molar refractivity (Wildman–Crippen MR) is 45.3 cm³/mol. The molecule has 0 aromatic rings. The minimum atomic E-state index is -5.16. The maximum absolute atomic E-state index is 7.80. The Morgan fingerprint density at radius 2 is 1.44 bits per heavy atom. The first kappa shape index (κ1) is 10.2. The van der Waals surface area contributed by atoms with E-state index in [4.69, 9.17) is 61.7 Å². The average molecular weight is 250 g/mol. The summed E-state index contributed by atoms with van der Waals surface area (Å²) in [4.78, 5) is 4.84. The van der Waals surface area contributed by atoms with Crippen molar-refractivity contribution in [2.75, 3.05) is 0 Å². The van der Waals surface area contributed by atoms with Crippen LogP contribution in [0, 0.1) is 0 Å². The third kappa shape index (κ3) is 9.19. The van der Waals surface area contributed by atoms with Crippen molar-refractivity contribution in [2.24, 2.45) is 4.88 Å². The molecule has 0 fully saturated rings. The van der Waals surface area contributed by atoms with Crippen LogP contribution in [-0.4, -0.2) is 0 Å². The summed E-state index contributed by atoms with van der Waals surface area (Å²) in [6.45, 7) is 0. The van der Waals surface area contributed by atoms with Crippen LogP contribution in [0.25, 0.3) is 10.4 Å². The van der Waals surface area contributed by atoms with Crippen molar-refractivity contribution in [2.45, 2.75) is 0 Å². The van der Waals surface area contributed by atoms with Crippen LogP contribution in [0.5, 0.6) is 0 Å². The van der Waals surface area contributed by atoms with Crippen molar-refractivity contribution in [3.8, 4) is 0 Å². The molecule has 0 atom stereocenters. The van der Waals surface area contributed by atoms with Gasteiger partial charge in [0, 0.05) is 0 Å². The van der Waals surface area contributed by atoms with Gasteiger partial charge in [-0.15, -0.1) is 0 Å². The summed E-state index contributed by atoms with van der Waals surface area (Å²) in [6.07, 6.45) is 0. The van der Waals surface area contributed by atoms with E-state index < -0.39 is 2.86 Å². The zero-order valence-electron chi connectivity index (χ0n) is 3.68. The standard InChI is InChI=1S/Cl5N3P/c1-9(2,3,4,5)8-7-6/q-1. The zero-order valence-corrected chi connectivity index (χ0v) is 8.35. The predicted octanol–water partition coefficient (Wildman–Crippen LogP) is 5.07. The Morgan fingerprint density at radius 1 is 1.11 bits per heavy atom. The second kappa shape index (κ2) is 1.86. The molecule has 0 aliphatic carbocycles. The Bertz CT molecular complexity index is 165. The van der Waals surface area contributed by atoms with Crippen molar-refractivity contribution in [3.63, 3.8) is 0 Å². The number of hydrogen-bond acceptors (Lipinski definition) is 1. The van der Waals surface area contributed by atoms with E-state index in [0.29, 0.717) is 0 Å². The van der Waals surface area contributed by atoms with Crippen LogP contribution in [-0.2, 0) is 0 Å². The Morgan fingerprint density at radius 3 is 1.44 bits per heavy atom. The molecule has 3 nitrogen and oxygen atoms in total. The van der Waals surface area contributed by atoms with Crippen LogP contribution in [0.2, 0.25) is 0 Å². The van der Waals surface area contributed by atoms with Crippen LogP contribution in [0.15, 0.2) is 4.88 Å². The van der Waals surface area contributed by atoms with Gasteiger partial charge in [-0.1, -0.05) is 0 Å². The Kier molecular flexibility index (Phi) is 2.11. The molecule has 56 valence electrons. The third-order valence-corrected chi connectivity index (χ3v) is 1.64. The molecular weight excluding hydrogens is 250 g/mol. The van der Waals surface area contributed by atoms with Gasteiger partial charge in [0.25, 0.3) is 0 Å². The fourth-order valence-corrected chi connectivity index (χ4v) is 0.680. The van der Waals surface area contributed by atoms with Crippen LogP contribution in [0.1, 0.15) is 0 Å². The molecule has 0 saturated carbocycles. The summed E-state index contributed by atoms with van der Waals surface area (Å²) in [6, 6.07) is 0. The van der Waals surface area contributed by atoms with Gasteiger partial charge in [0.2, 0.25) is 0 Å². The minimum absolute atomic E-state index is 2.18. The van der Waals surface area contributed by atoms with Gasteiger partial charge in [0.15, 0.2) is 0 Å². The molecular formula is Cl5N3P-. The van der Waals surface area contributed by atoms with Gasteiger partial charge in [-0.05, 0) is 0 Å². The fraction of sp³-hybridized carbons (Fsp3) is 0. The monoisotopic (exact) mass is 248 g/mol. The van der Waals surface area contributed by atoms with Crippen molar-refractivity contribution >= 4 is 59.1 Å². The van der Waals surface area contributed by atoms with Gasteiger partial charge >= 0.3 is 74.4 Å². The molecule has 0 spiro atoms. The van der Waals surface area contributed by atoms with E-state index in [2.05, 4.69) is 9.80 Å². The third-order valence-electron chi connectivity index (χ3n) is 0.209. The molecule has 0 radical (unpaired) electrons. The molecule has 0 bridgehead atoms. The van der Waals surface area contributed by atoms with Gasteiger partial charge in [-0.3, -0.25) is 0 Å². The van der Waals surface area contributed by atoms with Gasteiger partial charge < -0.3 is 0 Å². The molecule has 0 rings (SSSR count). The summed E-state index contributed by atoms with van der Waals surface area (Å²) < 4.78 is -5.16. The summed E-state index contributed by atoms with van der Waals surface area (Å²) in [7, 11) is 0. The van der Waals surface area contributed by atoms with Gasteiger partial charge in [0.1, 0.15) is 0 Å². The van der Waals surface area contributed by atoms with Crippen molar-refractivity contribution in [3.05, 3.63) is 10.4 Å². The van der Waals surface area contributed by atoms with Crippen LogP contribution in [0.3, 0.4) is 0 Å². The number of hydrogen-bond donors (Lipinski definition) is 0. The molecule has 0 aromatic heterocycles. The van der Waals surface area contributed by atoms with Gasteiger partial charge in [0.05, 0.1) is 0 Å². The van der Waals surface area contributed by atoms with Gasteiger partial charge in [-0.2, -0.15) is 0 Å². The number of azide groups is 1. The topological polar surface area (TPSA) is 48.8 Å². The number of halogens is 5. The number of nitrogens with zero attached hydrogens (tertiary/aromatic N) is 3. The first-order valence-corrected chi connectivity index (χ1v) is 8.61. The summed E-state index contributed by atoms with van der Waals surface area (Å²) in [5, 5.41) is 0. The van der Waals surface area contributed by atoms with E-state index in [9.17, 15) is 0 Å². The molecule has 0 aliphatic rings. The summed E-state index contributed by atoms with van der Waals surface area (Å²) in [5.41, 5.74) is 7.80. The van der Waals surface area contributed by atoms with Gasteiger partial charge in [-0.25, -0.2) is 0 Å². The van der Waals surface area contributed by atoms with E-state index >= 15 is 0 Å². The quantitative estimate of drug-likeness (QED) is 0.270. The van der Waals surface area contributed by atoms with Crippen molar-refractivity contribution < 1.29 is 0 Å². The van der Waals surface area contributed by atoms with Crippen LogP contribution < -0.4 is 0 Å². The zero-order chi connectivity index (χ0) is 7.82. The van der Waals surface area contributed by atoms with E-state index in [-0.39, 0.29) is 0 Å². The molecule has 0 amide bonds. The van der Waals surface area contributed by atoms with Crippen LogP contribution in [0.4, 0.5) is 0 Å².